The van der Waals surface area contributed by atoms with Gasteiger partial charge in [0.15, 0.2) is 5.96 Å². The van der Waals surface area contributed by atoms with E-state index in [1.807, 2.05) is 18.8 Å². The molecular weight excluding hydrogens is 304 g/mol. The predicted molar refractivity (Wildman–Crippen MR) is 104 cm³/mol. The minimum Gasteiger partial charge on any atom is -0.356 e. The zero-order valence-electron chi connectivity index (χ0n) is 15.3. The van der Waals surface area contributed by atoms with Crippen LogP contribution in [0.15, 0.2) is 4.99 Å². The van der Waals surface area contributed by atoms with Gasteiger partial charge in [0, 0.05) is 30.9 Å². The molecular formula is C18H36N4S. The maximum Gasteiger partial charge on any atom is 0.191 e. The van der Waals surface area contributed by atoms with Crippen molar-refractivity contribution in [1.82, 2.24) is 15.5 Å². The van der Waals surface area contributed by atoms with Gasteiger partial charge in [0.25, 0.3) is 0 Å². The molecule has 0 amide bonds. The van der Waals surface area contributed by atoms with E-state index >= 15 is 0 Å². The van der Waals surface area contributed by atoms with Gasteiger partial charge in [0.05, 0.1) is 0 Å². The Morgan fingerprint density at radius 3 is 2.61 bits per heavy atom. The Labute approximate surface area is 147 Å². The standard InChI is InChI=1S/C18H36N4S/c1-19-18(21-15-10-11-17(14-15)23-3)20-12-7-13-22(2)16-8-5-4-6-9-16/h15-17H,4-14H2,1-3H3,(H2,19,20,21). The van der Waals surface area contributed by atoms with Crippen molar-refractivity contribution in [2.45, 2.75) is 75.1 Å². The lowest BCUT2D eigenvalue weighted by molar-refractivity contribution is 0.190. The molecule has 5 heteroatoms. The van der Waals surface area contributed by atoms with E-state index in [0.717, 1.165) is 23.8 Å². The van der Waals surface area contributed by atoms with Crippen molar-refractivity contribution in [3.63, 3.8) is 0 Å². The van der Waals surface area contributed by atoms with Crippen molar-refractivity contribution in [1.29, 1.82) is 0 Å². The van der Waals surface area contributed by atoms with Crippen LogP contribution in [0, 0.1) is 0 Å². The zero-order valence-corrected chi connectivity index (χ0v) is 16.1. The third-order valence-electron chi connectivity index (χ3n) is 5.46. The van der Waals surface area contributed by atoms with Crippen LogP contribution in [0.5, 0.6) is 0 Å². The first kappa shape index (κ1) is 18.9. The first-order valence-electron chi connectivity index (χ1n) is 9.43. The molecule has 0 aromatic heterocycles. The molecule has 2 fully saturated rings. The Kier molecular flexibility index (Phi) is 8.59. The largest absolute Gasteiger partial charge is 0.356 e. The smallest absolute Gasteiger partial charge is 0.191 e. The molecule has 0 heterocycles. The minimum absolute atomic E-state index is 0.601. The Morgan fingerprint density at radius 2 is 1.96 bits per heavy atom. The number of aliphatic imine (C=N–C) groups is 1. The second-order valence-corrected chi connectivity index (χ2v) is 8.28. The molecule has 2 aliphatic carbocycles. The van der Waals surface area contributed by atoms with Crippen molar-refractivity contribution in [2.24, 2.45) is 4.99 Å². The fraction of sp³-hybridized carbons (Fsp3) is 0.944. The van der Waals surface area contributed by atoms with Crippen molar-refractivity contribution in [3.8, 4) is 0 Å². The molecule has 2 saturated carbocycles. The summed E-state index contributed by atoms with van der Waals surface area (Å²) in [6, 6.07) is 1.42. The van der Waals surface area contributed by atoms with E-state index < -0.39 is 0 Å². The summed E-state index contributed by atoms with van der Waals surface area (Å²) in [6.07, 6.45) is 14.4. The molecule has 0 saturated heterocycles. The van der Waals surface area contributed by atoms with Crippen LogP contribution < -0.4 is 10.6 Å². The average molecular weight is 341 g/mol. The summed E-state index contributed by atoms with van der Waals surface area (Å²) in [7, 11) is 4.18. The molecule has 0 aliphatic heterocycles. The van der Waals surface area contributed by atoms with E-state index in [9.17, 15) is 0 Å². The Balaban J connectivity index is 1.58. The third kappa shape index (κ3) is 6.54. The van der Waals surface area contributed by atoms with E-state index in [1.165, 1.54) is 64.3 Å². The molecule has 0 radical (unpaired) electrons. The summed E-state index contributed by atoms with van der Waals surface area (Å²) in [5.74, 6) is 0.983. The topological polar surface area (TPSA) is 39.7 Å². The third-order valence-corrected chi connectivity index (χ3v) is 6.56. The lowest BCUT2D eigenvalue weighted by Gasteiger charge is -2.31. The maximum absolute atomic E-state index is 4.38. The zero-order chi connectivity index (χ0) is 16.5. The summed E-state index contributed by atoms with van der Waals surface area (Å²) in [6.45, 7) is 2.20. The Hall–Kier alpha value is -0.420. The van der Waals surface area contributed by atoms with Crippen molar-refractivity contribution in [3.05, 3.63) is 0 Å². The van der Waals surface area contributed by atoms with Crippen LogP contribution in [0.25, 0.3) is 0 Å². The van der Waals surface area contributed by atoms with Crippen molar-refractivity contribution >= 4 is 17.7 Å². The van der Waals surface area contributed by atoms with Crippen LogP contribution in [-0.4, -0.2) is 61.6 Å². The predicted octanol–water partition coefficient (Wildman–Crippen LogP) is 3.09. The van der Waals surface area contributed by atoms with E-state index in [0.29, 0.717) is 6.04 Å². The van der Waals surface area contributed by atoms with Gasteiger partial charge in [-0.1, -0.05) is 19.3 Å². The Bertz CT molecular complexity index is 355. The lowest BCUT2D eigenvalue weighted by Crippen LogP contribution is -2.43. The van der Waals surface area contributed by atoms with Crippen molar-refractivity contribution < 1.29 is 0 Å². The minimum atomic E-state index is 0.601. The highest BCUT2D eigenvalue weighted by Gasteiger charge is 2.24. The van der Waals surface area contributed by atoms with Crippen LogP contribution >= 0.6 is 11.8 Å². The highest BCUT2D eigenvalue weighted by atomic mass is 32.2. The molecule has 0 aromatic carbocycles. The molecule has 0 spiro atoms. The number of nitrogens with zero attached hydrogens (tertiary/aromatic N) is 2. The SMILES string of the molecule is CN=C(NCCCN(C)C1CCCCC1)NC1CCC(SC)C1. The second kappa shape index (κ2) is 10.4. The molecule has 2 rings (SSSR count). The molecule has 0 aromatic rings. The van der Waals surface area contributed by atoms with Gasteiger partial charge in [-0.3, -0.25) is 4.99 Å². The molecule has 4 nitrogen and oxygen atoms in total. The van der Waals surface area contributed by atoms with E-state index in [-0.39, 0.29) is 0 Å². The van der Waals surface area contributed by atoms with Gasteiger partial charge in [0.2, 0.25) is 0 Å². The number of rotatable bonds is 7. The van der Waals surface area contributed by atoms with E-state index in [2.05, 4.69) is 33.8 Å². The fourth-order valence-electron chi connectivity index (χ4n) is 3.91. The molecule has 2 unspecified atom stereocenters. The maximum atomic E-state index is 4.38. The number of guanidine groups is 1. The second-order valence-electron chi connectivity index (χ2n) is 7.14. The highest BCUT2D eigenvalue weighted by Crippen LogP contribution is 2.28. The van der Waals surface area contributed by atoms with E-state index in [4.69, 9.17) is 0 Å². The van der Waals surface area contributed by atoms with Crippen LogP contribution in [0.4, 0.5) is 0 Å². The summed E-state index contributed by atoms with van der Waals surface area (Å²) in [5, 5.41) is 7.91. The molecule has 134 valence electrons. The van der Waals surface area contributed by atoms with Crippen LogP contribution in [-0.2, 0) is 0 Å². The van der Waals surface area contributed by atoms with Crippen molar-refractivity contribution in [2.75, 3.05) is 33.4 Å². The summed E-state index contributed by atoms with van der Waals surface area (Å²) in [4.78, 5) is 6.95. The van der Waals surface area contributed by atoms with Crippen LogP contribution in [0.2, 0.25) is 0 Å². The number of nitrogens with one attached hydrogen (secondary N) is 2. The first-order chi connectivity index (χ1) is 11.2. The molecule has 0 bridgehead atoms. The molecule has 23 heavy (non-hydrogen) atoms. The van der Waals surface area contributed by atoms with Gasteiger partial charge in [-0.2, -0.15) is 11.8 Å². The molecule has 2 atom stereocenters. The highest BCUT2D eigenvalue weighted by molar-refractivity contribution is 7.99. The number of hydrogen-bond donors (Lipinski definition) is 2. The van der Waals surface area contributed by atoms with Gasteiger partial charge in [-0.25, -0.2) is 0 Å². The summed E-state index contributed by atoms with van der Waals surface area (Å²) in [5.41, 5.74) is 0. The number of thioether (sulfide) groups is 1. The lowest BCUT2D eigenvalue weighted by atomic mass is 9.94. The van der Waals surface area contributed by atoms with Gasteiger partial charge < -0.3 is 15.5 Å². The quantitative estimate of drug-likeness (QED) is 0.424. The first-order valence-corrected chi connectivity index (χ1v) is 10.7. The van der Waals surface area contributed by atoms with Gasteiger partial charge in [-0.15, -0.1) is 0 Å². The number of hydrogen-bond acceptors (Lipinski definition) is 3. The summed E-state index contributed by atoms with van der Waals surface area (Å²) < 4.78 is 0. The Morgan fingerprint density at radius 1 is 1.17 bits per heavy atom. The van der Waals surface area contributed by atoms with Crippen LogP contribution in [0.1, 0.15) is 57.8 Å². The normalized spacial score (nSPS) is 26.7. The van der Waals surface area contributed by atoms with Gasteiger partial charge >= 0.3 is 0 Å². The molecule has 2 aliphatic rings. The fourth-order valence-corrected chi connectivity index (χ4v) is 4.71. The summed E-state index contributed by atoms with van der Waals surface area (Å²) >= 11 is 2.00. The van der Waals surface area contributed by atoms with Gasteiger partial charge in [-0.05, 0) is 58.4 Å². The van der Waals surface area contributed by atoms with Gasteiger partial charge in [0.1, 0.15) is 0 Å². The monoisotopic (exact) mass is 340 g/mol. The molecule has 2 N–H and O–H groups in total. The average Bonchev–Trinajstić information content (AvgIpc) is 3.05. The van der Waals surface area contributed by atoms with Crippen LogP contribution in [0.3, 0.4) is 0 Å². The van der Waals surface area contributed by atoms with E-state index in [1.54, 1.807) is 0 Å².